The lowest BCUT2D eigenvalue weighted by Crippen LogP contribution is -2.34. The van der Waals surface area contributed by atoms with Gasteiger partial charge < -0.3 is 5.73 Å². The van der Waals surface area contributed by atoms with Crippen molar-refractivity contribution in [2.24, 2.45) is 11.7 Å². The number of likely N-dealkylation sites (tertiary alicyclic amines) is 1. The summed E-state index contributed by atoms with van der Waals surface area (Å²) in [6.07, 6.45) is 2.29. The fourth-order valence-electron chi connectivity index (χ4n) is 2.53. The molecule has 112 valence electrons. The lowest BCUT2D eigenvalue weighted by molar-refractivity contribution is 0.0995. The Balaban J connectivity index is 1.96. The minimum Gasteiger partial charge on any atom is -0.364 e. The molecule has 20 heavy (non-hydrogen) atoms. The first-order valence-corrected chi connectivity index (χ1v) is 7.03. The quantitative estimate of drug-likeness (QED) is 0.839. The second-order valence-corrected chi connectivity index (χ2v) is 5.85. The molecule has 1 saturated heterocycles. The van der Waals surface area contributed by atoms with E-state index in [0.29, 0.717) is 25.4 Å². The highest BCUT2D eigenvalue weighted by atomic mass is 19.1. The highest BCUT2D eigenvalue weighted by Crippen LogP contribution is 2.22. The van der Waals surface area contributed by atoms with Crippen LogP contribution < -0.4 is 5.73 Å². The van der Waals surface area contributed by atoms with E-state index >= 15 is 0 Å². The molecular weight excluding hydrogens is 261 g/mol. The van der Waals surface area contributed by atoms with Crippen molar-refractivity contribution in [3.63, 3.8) is 0 Å². The van der Waals surface area contributed by atoms with Crippen LogP contribution in [0.3, 0.4) is 0 Å². The average Bonchev–Trinajstić information content (AvgIpc) is 2.94. The Morgan fingerprint density at radius 1 is 1.60 bits per heavy atom. The summed E-state index contributed by atoms with van der Waals surface area (Å²) in [6.45, 7) is 6.23. The van der Waals surface area contributed by atoms with E-state index in [-0.39, 0.29) is 11.7 Å². The summed E-state index contributed by atoms with van der Waals surface area (Å²) in [5, 5.41) is 7.57. The van der Waals surface area contributed by atoms with E-state index < -0.39 is 12.1 Å². The second kappa shape index (κ2) is 6.30. The number of hydrogen-bond donors (Lipinski definition) is 1. The normalized spacial score (nSPS) is 23.6. The molecule has 7 heteroatoms. The molecule has 1 aliphatic heterocycles. The van der Waals surface area contributed by atoms with Crippen molar-refractivity contribution in [1.29, 1.82) is 0 Å². The van der Waals surface area contributed by atoms with Crippen molar-refractivity contribution in [2.45, 2.75) is 45.4 Å². The van der Waals surface area contributed by atoms with Gasteiger partial charge >= 0.3 is 0 Å². The molecule has 6 nitrogen and oxygen atoms in total. The van der Waals surface area contributed by atoms with Gasteiger partial charge in [-0.3, -0.25) is 14.4 Å². The highest BCUT2D eigenvalue weighted by Gasteiger charge is 2.32. The number of alkyl halides is 1. The number of aromatic nitrogens is 3. The number of hydrogen-bond acceptors (Lipinski definition) is 4. The summed E-state index contributed by atoms with van der Waals surface area (Å²) in [5.74, 6) is 0.00449. The highest BCUT2D eigenvalue weighted by molar-refractivity contribution is 5.90. The van der Waals surface area contributed by atoms with Crippen LogP contribution >= 0.6 is 0 Å². The number of halogens is 1. The Morgan fingerprint density at radius 3 is 2.95 bits per heavy atom. The maximum atomic E-state index is 13.6. The first kappa shape index (κ1) is 14.9. The van der Waals surface area contributed by atoms with Crippen LogP contribution in [0.1, 0.15) is 37.2 Å². The molecule has 0 aliphatic carbocycles. The standard InChI is InChI=1S/C13H22FN5O/c1-9(2)3-4-18-6-10(14)5-11(18)7-19-8-12(13(15)20)16-17-19/h8-11H,3-7H2,1-2H3,(H2,15,20)/t10-,11-/m0/s1. The molecular formula is C13H22FN5O. The van der Waals surface area contributed by atoms with Crippen LogP contribution in [0.5, 0.6) is 0 Å². The van der Waals surface area contributed by atoms with Crippen LogP contribution in [0.15, 0.2) is 6.20 Å². The third-order valence-corrected chi connectivity index (χ3v) is 3.66. The van der Waals surface area contributed by atoms with Gasteiger partial charge in [-0.15, -0.1) is 5.10 Å². The van der Waals surface area contributed by atoms with Gasteiger partial charge in [0.15, 0.2) is 5.69 Å². The number of nitrogens with two attached hydrogens (primary N) is 1. The zero-order valence-corrected chi connectivity index (χ0v) is 12.0. The maximum Gasteiger partial charge on any atom is 0.270 e. The molecule has 1 fully saturated rings. The molecule has 0 aromatic carbocycles. The third-order valence-electron chi connectivity index (χ3n) is 3.66. The number of carbonyl (C=O) groups excluding carboxylic acids is 1. The van der Waals surface area contributed by atoms with Crippen molar-refractivity contribution in [3.05, 3.63) is 11.9 Å². The monoisotopic (exact) mass is 283 g/mol. The minimum absolute atomic E-state index is 0.103. The Kier molecular flexibility index (Phi) is 4.69. The number of nitrogens with zero attached hydrogens (tertiary/aromatic N) is 4. The number of primary amides is 1. The Morgan fingerprint density at radius 2 is 2.35 bits per heavy atom. The molecule has 2 N–H and O–H groups in total. The van der Waals surface area contributed by atoms with E-state index in [0.717, 1.165) is 13.0 Å². The van der Waals surface area contributed by atoms with Crippen LogP contribution in [0.4, 0.5) is 4.39 Å². The molecule has 2 atom stereocenters. The SMILES string of the molecule is CC(C)CCN1C[C@@H](F)C[C@H]1Cn1cc(C(N)=O)nn1. The summed E-state index contributed by atoms with van der Waals surface area (Å²) in [6, 6.07) is 0.103. The van der Waals surface area contributed by atoms with Crippen LogP contribution in [-0.2, 0) is 6.54 Å². The molecule has 2 heterocycles. The van der Waals surface area contributed by atoms with Gasteiger partial charge in [-0.25, -0.2) is 4.39 Å². The summed E-state index contributed by atoms with van der Waals surface area (Å²) in [5.41, 5.74) is 5.29. The van der Waals surface area contributed by atoms with Crippen molar-refractivity contribution >= 4 is 5.91 Å². The predicted octanol–water partition coefficient (Wildman–Crippen LogP) is 0.836. The minimum atomic E-state index is -0.786. The number of amides is 1. The summed E-state index contributed by atoms with van der Waals surface area (Å²) >= 11 is 0. The lowest BCUT2D eigenvalue weighted by Gasteiger charge is -2.24. The Hall–Kier alpha value is -1.50. The van der Waals surface area contributed by atoms with E-state index in [4.69, 9.17) is 5.73 Å². The largest absolute Gasteiger partial charge is 0.364 e. The molecule has 0 radical (unpaired) electrons. The van der Waals surface area contributed by atoms with Gasteiger partial charge in [-0.2, -0.15) is 0 Å². The smallest absolute Gasteiger partial charge is 0.270 e. The third kappa shape index (κ3) is 3.75. The molecule has 1 aromatic heterocycles. The van der Waals surface area contributed by atoms with Crippen molar-refractivity contribution < 1.29 is 9.18 Å². The number of rotatable bonds is 6. The molecule has 0 spiro atoms. The summed E-state index contributed by atoms with van der Waals surface area (Å²) < 4.78 is 15.2. The lowest BCUT2D eigenvalue weighted by atomic mass is 10.1. The van der Waals surface area contributed by atoms with Gasteiger partial charge in [-0.1, -0.05) is 19.1 Å². The van der Waals surface area contributed by atoms with Gasteiger partial charge in [0.1, 0.15) is 6.17 Å². The Labute approximate surface area is 118 Å². The van der Waals surface area contributed by atoms with E-state index in [1.165, 1.54) is 6.20 Å². The first-order valence-electron chi connectivity index (χ1n) is 7.03. The van der Waals surface area contributed by atoms with Gasteiger partial charge in [0.25, 0.3) is 5.91 Å². The molecule has 1 aliphatic rings. The molecule has 0 saturated carbocycles. The van der Waals surface area contributed by atoms with Crippen molar-refractivity contribution in [1.82, 2.24) is 19.9 Å². The topological polar surface area (TPSA) is 77.0 Å². The van der Waals surface area contributed by atoms with E-state index in [1.807, 2.05) is 0 Å². The van der Waals surface area contributed by atoms with Crippen LogP contribution in [0.2, 0.25) is 0 Å². The maximum absolute atomic E-state index is 13.6. The van der Waals surface area contributed by atoms with Crippen LogP contribution in [0.25, 0.3) is 0 Å². The molecule has 2 rings (SSSR count). The molecule has 0 unspecified atom stereocenters. The second-order valence-electron chi connectivity index (χ2n) is 5.85. The summed E-state index contributed by atoms with van der Waals surface area (Å²) in [4.78, 5) is 13.1. The van der Waals surface area contributed by atoms with Crippen molar-refractivity contribution in [2.75, 3.05) is 13.1 Å². The van der Waals surface area contributed by atoms with Crippen molar-refractivity contribution in [3.8, 4) is 0 Å². The average molecular weight is 283 g/mol. The van der Waals surface area contributed by atoms with E-state index in [1.54, 1.807) is 4.68 Å². The molecule has 0 bridgehead atoms. The zero-order valence-electron chi connectivity index (χ0n) is 12.0. The number of carbonyl (C=O) groups is 1. The van der Waals surface area contributed by atoms with E-state index in [9.17, 15) is 9.18 Å². The van der Waals surface area contributed by atoms with E-state index in [2.05, 4.69) is 29.1 Å². The van der Waals surface area contributed by atoms with Gasteiger partial charge in [0.2, 0.25) is 0 Å². The van der Waals surface area contributed by atoms with Gasteiger partial charge in [-0.05, 0) is 25.3 Å². The van der Waals surface area contributed by atoms with Gasteiger partial charge in [0, 0.05) is 12.6 Å². The fourth-order valence-corrected chi connectivity index (χ4v) is 2.53. The van der Waals surface area contributed by atoms with Crippen LogP contribution in [-0.4, -0.2) is 51.1 Å². The molecule has 1 aromatic rings. The van der Waals surface area contributed by atoms with Crippen LogP contribution in [0, 0.1) is 5.92 Å². The first-order chi connectivity index (χ1) is 9.45. The zero-order chi connectivity index (χ0) is 14.7. The fraction of sp³-hybridized carbons (Fsp3) is 0.769. The van der Waals surface area contributed by atoms with Gasteiger partial charge in [0.05, 0.1) is 12.7 Å². The molecule has 1 amide bonds. The summed E-state index contributed by atoms with van der Waals surface area (Å²) in [7, 11) is 0. The Bertz CT molecular complexity index is 461. The predicted molar refractivity (Wildman–Crippen MR) is 72.9 cm³/mol.